The summed E-state index contributed by atoms with van der Waals surface area (Å²) >= 11 is 0. The lowest BCUT2D eigenvalue weighted by molar-refractivity contribution is -0.118. The van der Waals surface area contributed by atoms with Crippen LogP contribution in [-0.4, -0.2) is 5.91 Å². The topological polar surface area (TPSA) is 43.1 Å². The minimum absolute atomic E-state index is 0.161. The molecule has 0 bridgehead atoms. The molecule has 0 radical (unpaired) electrons. The number of nitrogens with two attached hydrogens (primary N) is 1. The summed E-state index contributed by atoms with van der Waals surface area (Å²) in [7, 11) is 0. The van der Waals surface area contributed by atoms with Crippen LogP contribution in [0.3, 0.4) is 0 Å². The predicted molar refractivity (Wildman–Crippen MR) is 88.6 cm³/mol. The van der Waals surface area contributed by atoms with Gasteiger partial charge in [-0.1, -0.05) is 70.4 Å². The zero-order valence-electron chi connectivity index (χ0n) is 13.5. The molecular formula is C18H35NO. The van der Waals surface area contributed by atoms with Crippen LogP contribution >= 0.6 is 0 Å². The van der Waals surface area contributed by atoms with Crippen molar-refractivity contribution in [2.24, 2.45) is 5.73 Å². The standard InChI is InChI=1S/C18H35NO/c1-2-3-4-5-6-7-8-9-10-11-12-13-14-15-16-17-18(19)20/h7-8H,2-6,9-17H2,1H3,(H2,19,20)/b8-7+. The largest absolute Gasteiger partial charge is 0.370 e. The Bertz CT molecular complexity index is 236. The fraction of sp³-hybridized carbons (Fsp3) is 0.833. The maximum absolute atomic E-state index is 10.5. The number of unbranched alkanes of at least 4 members (excludes halogenated alkanes) is 11. The van der Waals surface area contributed by atoms with Crippen molar-refractivity contribution in [2.75, 3.05) is 0 Å². The predicted octanol–water partition coefficient (Wildman–Crippen LogP) is 5.51. The van der Waals surface area contributed by atoms with Crippen LogP contribution in [0, 0.1) is 0 Å². The highest BCUT2D eigenvalue weighted by atomic mass is 16.1. The Morgan fingerprint density at radius 3 is 1.70 bits per heavy atom. The zero-order chi connectivity index (χ0) is 14.9. The van der Waals surface area contributed by atoms with E-state index in [1.165, 1.54) is 70.6 Å². The Hall–Kier alpha value is -0.790. The average Bonchev–Trinajstić information content (AvgIpc) is 2.43. The molecule has 0 aromatic rings. The highest BCUT2D eigenvalue weighted by Crippen LogP contribution is 2.10. The van der Waals surface area contributed by atoms with E-state index in [-0.39, 0.29) is 5.91 Å². The van der Waals surface area contributed by atoms with Crippen molar-refractivity contribution in [3.8, 4) is 0 Å². The van der Waals surface area contributed by atoms with Gasteiger partial charge in [-0.15, -0.1) is 0 Å². The molecule has 0 rings (SSSR count). The van der Waals surface area contributed by atoms with Gasteiger partial charge in [0.15, 0.2) is 0 Å². The van der Waals surface area contributed by atoms with Gasteiger partial charge in [0.1, 0.15) is 0 Å². The van der Waals surface area contributed by atoms with E-state index in [4.69, 9.17) is 5.73 Å². The van der Waals surface area contributed by atoms with Crippen molar-refractivity contribution in [1.29, 1.82) is 0 Å². The SMILES string of the molecule is CCCCCC/C=C/CCCCCCCCCC(N)=O. The molecule has 118 valence electrons. The highest BCUT2D eigenvalue weighted by molar-refractivity contribution is 5.73. The second kappa shape index (κ2) is 16.3. The highest BCUT2D eigenvalue weighted by Gasteiger charge is 1.94. The van der Waals surface area contributed by atoms with Crippen LogP contribution in [0.15, 0.2) is 12.2 Å². The molecule has 0 unspecified atom stereocenters. The van der Waals surface area contributed by atoms with Crippen molar-refractivity contribution in [3.63, 3.8) is 0 Å². The molecule has 20 heavy (non-hydrogen) atoms. The van der Waals surface area contributed by atoms with Crippen molar-refractivity contribution >= 4 is 5.91 Å². The third kappa shape index (κ3) is 17.2. The quantitative estimate of drug-likeness (QED) is 0.312. The summed E-state index contributed by atoms with van der Waals surface area (Å²) in [5, 5.41) is 0. The number of primary amides is 1. The fourth-order valence-electron chi connectivity index (χ4n) is 2.37. The molecule has 0 aromatic heterocycles. The minimum atomic E-state index is -0.161. The number of rotatable bonds is 15. The zero-order valence-corrected chi connectivity index (χ0v) is 13.5. The number of carbonyl (C=O) groups excluding carboxylic acids is 1. The third-order valence-electron chi connectivity index (χ3n) is 3.68. The Kier molecular flexibility index (Phi) is 15.6. The summed E-state index contributed by atoms with van der Waals surface area (Å²) in [5.74, 6) is -0.161. The van der Waals surface area contributed by atoms with Crippen molar-refractivity contribution in [2.45, 2.75) is 96.8 Å². The van der Waals surface area contributed by atoms with E-state index in [1.54, 1.807) is 0 Å². The molecule has 2 heteroatoms. The molecule has 0 heterocycles. The summed E-state index contributed by atoms with van der Waals surface area (Å²) in [5.41, 5.74) is 5.10. The van der Waals surface area contributed by atoms with Crippen LogP contribution in [-0.2, 0) is 4.79 Å². The molecule has 1 amide bonds. The molecular weight excluding hydrogens is 246 g/mol. The van der Waals surface area contributed by atoms with Gasteiger partial charge >= 0.3 is 0 Å². The first-order chi connectivity index (χ1) is 9.77. The van der Waals surface area contributed by atoms with Crippen LogP contribution in [0.4, 0.5) is 0 Å². The molecule has 2 nitrogen and oxygen atoms in total. The van der Waals surface area contributed by atoms with E-state index in [1.807, 2.05) is 0 Å². The van der Waals surface area contributed by atoms with E-state index < -0.39 is 0 Å². The van der Waals surface area contributed by atoms with Gasteiger partial charge < -0.3 is 5.73 Å². The molecule has 0 aliphatic carbocycles. The van der Waals surface area contributed by atoms with Gasteiger partial charge in [-0.05, 0) is 32.1 Å². The Labute approximate surface area is 126 Å². The van der Waals surface area contributed by atoms with E-state index in [9.17, 15) is 4.79 Å². The summed E-state index contributed by atoms with van der Waals surface area (Å²) in [6, 6.07) is 0. The van der Waals surface area contributed by atoms with E-state index in [2.05, 4.69) is 19.1 Å². The van der Waals surface area contributed by atoms with Gasteiger partial charge in [-0.3, -0.25) is 4.79 Å². The Morgan fingerprint density at radius 1 is 0.750 bits per heavy atom. The maximum Gasteiger partial charge on any atom is 0.217 e. The molecule has 0 fully saturated rings. The van der Waals surface area contributed by atoms with Gasteiger partial charge in [0.2, 0.25) is 5.91 Å². The molecule has 0 aliphatic heterocycles. The van der Waals surface area contributed by atoms with E-state index in [0.29, 0.717) is 6.42 Å². The minimum Gasteiger partial charge on any atom is -0.370 e. The second-order valence-electron chi connectivity index (χ2n) is 5.80. The molecule has 0 atom stereocenters. The van der Waals surface area contributed by atoms with Gasteiger partial charge in [0, 0.05) is 6.42 Å². The summed E-state index contributed by atoms with van der Waals surface area (Å²) < 4.78 is 0. The first kappa shape index (κ1) is 19.2. The Balaban J connectivity index is 3.05. The molecule has 0 aromatic carbocycles. The first-order valence-electron chi connectivity index (χ1n) is 8.70. The number of hydrogen-bond acceptors (Lipinski definition) is 1. The van der Waals surface area contributed by atoms with Gasteiger partial charge in [-0.2, -0.15) is 0 Å². The van der Waals surface area contributed by atoms with Gasteiger partial charge in [0.25, 0.3) is 0 Å². The van der Waals surface area contributed by atoms with Crippen LogP contribution in [0.5, 0.6) is 0 Å². The lowest BCUT2D eigenvalue weighted by Crippen LogP contribution is -2.09. The Morgan fingerprint density at radius 2 is 1.20 bits per heavy atom. The number of carbonyl (C=O) groups is 1. The molecule has 0 aliphatic rings. The first-order valence-corrected chi connectivity index (χ1v) is 8.70. The smallest absolute Gasteiger partial charge is 0.217 e. The lowest BCUT2D eigenvalue weighted by Gasteiger charge is -2.00. The molecule has 0 saturated carbocycles. The fourth-order valence-corrected chi connectivity index (χ4v) is 2.37. The van der Waals surface area contributed by atoms with Gasteiger partial charge in [-0.25, -0.2) is 0 Å². The van der Waals surface area contributed by atoms with E-state index in [0.717, 1.165) is 12.8 Å². The van der Waals surface area contributed by atoms with Crippen LogP contribution in [0.25, 0.3) is 0 Å². The number of allylic oxidation sites excluding steroid dienone is 2. The maximum atomic E-state index is 10.5. The monoisotopic (exact) mass is 281 g/mol. The second-order valence-corrected chi connectivity index (χ2v) is 5.80. The molecule has 2 N–H and O–H groups in total. The number of amides is 1. The summed E-state index contributed by atoms with van der Waals surface area (Å²) in [6.07, 6.45) is 21.9. The molecule has 0 saturated heterocycles. The normalized spacial score (nSPS) is 11.2. The van der Waals surface area contributed by atoms with Crippen LogP contribution in [0.2, 0.25) is 0 Å². The average molecular weight is 281 g/mol. The molecule has 0 spiro atoms. The summed E-state index contributed by atoms with van der Waals surface area (Å²) in [4.78, 5) is 10.5. The van der Waals surface area contributed by atoms with Crippen molar-refractivity contribution in [1.82, 2.24) is 0 Å². The number of hydrogen-bond donors (Lipinski definition) is 1. The van der Waals surface area contributed by atoms with Gasteiger partial charge in [0.05, 0.1) is 0 Å². The van der Waals surface area contributed by atoms with Crippen LogP contribution in [0.1, 0.15) is 96.8 Å². The van der Waals surface area contributed by atoms with Crippen molar-refractivity contribution < 1.29 is 4.79 Å². The summed E-state index contributed by atoms with van der Waals surface area (Å²) in [6.45, 7) is 2.26. The van der Waals surface area contributed by atoms with Crippen molar-refractivity contribution in [3.05, 3.63) is 12.2 Å². The lowest BCUT2D eigenvalue weighted by atomic mass is 10.1. The third-order valence-corrected chi connectivity index (χ3v) is 3.68. The van der Waals surface area contributed by atoms with E-state index >= 15 is 0 Å². The van der Waals surface area contributed by atoms with Crippen LogP contribution < -0.4 is 5.73 Å².